The van der Waals surface area contributed by atoms with Crippen molar-refractivity contribution in [2.24, 2.45) is 0 Å². The minimum absolute atomic E-state index is 0.0121. The Balaban J connectivity index is 0.000000921. The Morgan fingerprint density at radius 1 is 0.714 bits per heavy atom. The lowest BCUT2D eigenvalue weighted by atomic mass is 10.2. The van der Waals surface area contributed by atoms with Gasteiger partial charge in [0.05, 0.1) is 0 Å². The molecular formula is C24H30N2O2. The maximum Gasteiger partial charge on any atom is 0.298 e. The highest BCUT2D eigenvalue weighted by Crippen LogP contribution is 2.09. The van der Waals surface area contributed by atoms with E-state index in [4.69, 9.17) is 0 Å². The maximum atomic E-state index is 12.4. The Morgan fingerprint density at radius 3 is 1.71 bits per heavy atom. The average Bonchev–Trinajstić information content (AvgIpc) is 2.81. The van der Waals surface area contributed by atoms with Crippen LogP contribution in [0.4, 0.5) is 0 Å². The summed E-state index contributed by atoms with van der Waals surface area (Å²) in [5.74, 6) is 5.38. The molecule has 2 amide bonds. The predicted molar refractivity (Wildman–Crippen MR) is 115 cm³/mol. The lowest BCUT2D eigenvalue weighted by Gasteiger charge is -2.33. The fourth-order valence-electron chi connectivity index (χ4n) is 2.60. The standard InChI is InChI=1S/C20H18N2O2.2C2H6/c23-19(12-11-17-7-3-1-4-8-17)21-13-15-22(16-14-21)20(24)18-9-5-2-6-10-18;2*1-2/h1-10H,13-16H2;2*1-2H3. The van der Waals surface area contributed by atoms with E-state index in [1.807, 2.05) is 88.4 Å². The molecule has 1 aliphatic rings. The zero-order chi connectivity index (χ0) is 20.8. The summed E-state index contributed by atoms with van der Waals surface area (Å²) in [4.78, 5) is 28.0. The number of piperazine rings is 1. The Hall–Kier alpha value is -3.06. The van der Waals surface area contributed by atoms with Gasteiger partial charge in [-0.05, 0) is 24.3 Å². The molecule has 0 radical (unpaired) electrons. The van der Waals surface area contributed by atoms with Gasteiger partial charge in [0.2, 0.25) is 0 Å². The molecular weight excluding hydrogens is 348 g/mol. The van der Waals surface area contributed by atoms with Crippen LogP contribution < -0.4 is 0 Å². The van der Waals surface area contributed by atoms with Crippen molar-refractivity contribution in [1.82, 2.24) is 9.80 Å². The van der Waals surface area contributed by atoms with Crippen LogP contribution in [-0.2, 0) is 4.79 Å². The predicted octanol–water partition coefficient (Wildman–Crippen LogP) is 4.08. The van der Waals surface area contributed by atoms with Crippen LogP contribution in [-0.4, -0.2) is 47.8 Å². The van der Waals surface area contributed by atoms with Crippen molar-refractivity contribution < 1.29 is 9.59 Å². The zero-order valence-electron chi connectivity index (χ0n) is 17.3. The summed E-state index contributed by atoms with van der Waals surface area (Å²) in [7, 11) is 0. The molecule has 0 aromatic heterocycles. The van der Waals surface area contributed by atoms with Gasteiger partial charge in [0.1, 0.15) is 0 Å². The highest BCUT2D eigenvalue weighted by atomic mass is 16.2. The summed E-state index contributed by atoms with van der Waals surface area (Å²) in [6.45, 7) is 10.1. The Kier molecular flexibility index (Phi) is 10.8. The molecule has 4 heteroatoms. The summed E-state index contributed by atoms with van der Waals surface area (Å²) >= 11 is 0. The van der Waals surface area contributed by atoms with Gasteiger partial charge in [0, 0.05) is 43.2 Å². The molecule has 3 rings (SSSR count). The monoisotopic (exact) mass is 378 g/mol. The number of benzene rings is 2. The highest BCUT2D eigenvalue weighted by Gasteiger charge is 2.23. The van der Waals surface area contributed by atoms with Crippen molar-refractivity contribution >= 4 is 11.8 Å². The molecule has 2 aromatic rings. The first-order valence-electron chi connectivity index (χ1n) is 9.94. The number of amides is 2. The second-order valence-corrected chi connectivity index (χ2v) is 5.57. The molecule has 28 heavy (non-hydrogen) atoms. The number of rotatable bonds is 1. The molecule has 0 aliphatic carbocycles. The maximum absolute atomic E-state index is 12.4. The Morgan fingerprint density at radius 2 is 1.18 bits per heavy atom. The molecule has 0 N–H and O–H groups in total. The van der Waals surface area contributed by atoms with Crippen molar-refractivity contribution in [3.8, 4) is 11.8 Å². The van der Waals surface area contributed by atoms with Gasteiger partial charge in [-0.3, -0.25) is 9.59 Å². The van der Waals surface area contributed by atoms with Gasteiger partial charge in [0.25, 0.3) is 11.8 Å². The Bertz CT molecular complexity index is 769. The van der Waals surface area contributed by atoms with E-state index in [9.17, 15) is 9.59 Å². The molecule has 0 bridgehead atoms. The number of carbonyl (C=O) groups excluding carboxylic acids is 2. The molecule has 148 valence electrons. The second kappa shape index (κ2) is 13.2. The van der Waals surface area contributed by atoms with E-state index >= 15 is 0 Å². The van der Waals surface area contributed by atoms with Crippen molar-refractivity contribution in [3.63, 3.8) is 0 Å². The topological polar surface area (TPSA) is 40.6 Å². The van der Waals surface area contributed by atoms with Gasteiger partial charge in [-0.2, -0.15) is 0 Å². The SMILES string of the molecule is CC.CC.O=C(C#Cc1ccccc1)N1CCN(C(=O)c2ccccc2)CC1. The van der Waals surface area contributed by atoms with Crippen molar-refractivity contribution in [1.29, 1.82) is 0 Å². The number of hydrogen-bond donors (Lipinski definition) is 0. The van der Waals surface area contributed by atoms with Crippen molar-refractivity contribution in [2.45, 2.75) is 27.7 Å². The average molecular weight is 379 g/mol. The molecule has 0 unspecified atom stereocenters. The van der Waals surface area contributed by atoms with E-state index in [-0.39, 0.29) is 11.8 Å². The third kappa shape index (κ3) is 6.92. The fourth-order valence-corrected chi connectivity index (χ4v) is 2.60. The molecule has 1 fully saturated rings. The van der Waals surface area contributed by atoms with Crippen molar-refractivity contribution in [3.05, 3.63) is 71.8 Å². The first-order chi connectivity index (χ1) is 13.7. The Labute approximate surface area is 169 Å². The third-order valence-corrected chi connectivity index (χ3v) is 3.96. The van der Waals surface area contributed by atoms with Gasteiger partial charge >= 0.3 is 0 Å². The number of hydrogen-bond acceptors (Lipinski definition) is 2. The van der Waals surface area contributed by atoms with Crippen molar-refractivity contribution in [2.75, 3.05) is 26.2 Å². The molecule has 2 aromatic carbocycles. The first-order valence-corrected chi connectivity index (χ1v) is 9.94. The van der Waals surface area contributed by atoms with Crippen LogP contribution in [0.25, 0.3) is 0 Å². The molecule has 0 saturated carbocycles. The van der Waals surface area contributed by atoms with Crippen LogP contribution in [0.2, 0.25) is 0 Å². The van der Waals surface area contributed by atoms with E-state index in [2.05, 4.69) is 11.8 Å². The van der Waals surface area contributed by atoms with Gasteiger partial charge in [0.15, 0.2) is 0 Å². The second-order valence-electron chi connectivity index (χ2n) is 5.57. The largest absolute Gasteiger partial charge is 0.335 e. The molecule has 4 nitrogen and oxygen atoms in total. The van der Waals surface area contributed by atoms with Crippen LogP contribution in [0.1, 0.15) is 43.6 Å². The summed E-state index contributed by atoms with van der Waals surface area (Å²) in [6.07, 6.45) is 0. The summed E-state index contributed by atoms with van der Waals surface area (Å²) in [5, 5.41) is 0. The molecule has 0 atom stereocenters. The summed E-state index contributed by atoms with van der Waals surface area (Å²) in [5.41, 5.74) is 1.50. The van der Waals surface area contributed by atoms with Crippen LogP contribution in [0.15, 0.2) is 60.7 Å². The first kappa shape index (κ1) is 23.0. The molecule has 1 aliphatic heterocycles. The highest BCUT2D eigenvalue weighted by molar-refractivity contribution is 5.95. The van der Waals surface area contributed by atoms with Gasteiger partial charge in [-0.15, -0.1) is 0 Å². The fraction of sp³-hybridized carbons (Fsp3) is 0.333. The molecule has 0 spiro atoms. The minimum Gasteiger partial charge on any atom is -0.335 e. The normalized spacial score (nSPS) is 12.3. The lowest BCUT2D eigenvalue weighted by Crippen LogP contribution is -2.50. The quantitative estimate of drug-likeness (QED) is 0.702. The summed E-state index contributed by atoms with van der Waals surface area (Å²) in [6, 6.07) is 18.7. The molecule has 1 heterocycles. The minimum atomic E-state index is -0.189. The van der Waals surface area contributed by atoms with Gasteiger partial charge < -0.3 is 9.80 Å². The number of nitrogens with zero attached hydrogens (tertiary/aromatic N) is 2. The van der Waals surface area contributed by atoms with Crippen LogP contribution in [0.3, 0.4) is 0 Å². The van der Waals surface area contributed by atoms with Crippen LogP contribution in [0.5, 0.6) is 0 Å². The number of carbonyl (C=O) groups is 2. The van der Waals surface area contributed by atoms with E-state index in [1.165, 1.54) is 0 Å². The van der Waals surface area contributed by atoms with Gasteiger partial charge in [-0.25, -0.2) is 0 Å². The van der Waals surface area contributed by atoms with E-state index in [1.54, 1.807) is 9.80 Å². The smallest absolute Gasteiger partial charge is 0.298 e. The van der Waals surface area contributed by atoms with E-state index in [0.29, 0.717) is 31.7 Å². The van der Waals surface area contributed by atoms with Crippen LogP contribution in [0, 0.1) is 11.8 Å². The summed E-state index contributed by atoms with van der Waals surface area (Å²) < 4.78 is 0. The van der Waals surface area contributed by atoms with E-state index in [0.717, 1.165) is 5.56 Å². The van der Waals surface area contributed by atoms with E-state index < -0.39 is 0 Å². The third-order valence-electron chi connectivity index (χ3n) is 3.96. The zero-order valence-corrected chi connectivity index (χ0v) is 17.3. The van der Waals surface area contributed by atoms with Crippen LogP contribution >= 0.6 is 0 Å². The van der Waals surface area contributed by atoms with Gasteiger partial charge in [-0.1, -0.05) is 70.0 Å². The lowest BCUT2D eigenvalue weighted by molar-refractivity contribution is -0.126. The molecule has 1 saturated heterocycles.